The Kier molecular flexibility index (Phi) is 4.52. The van der Waals surface area contributed by atoms with E-state index in [0.29, 0.717) is 16.9 Å². The normalized spacial score (nSPS) is 10.3. The Morgan fingerprint density at radius 1 is 1.21 bits per heavy atom. The van der Waals surface area contributed by atoms with Gasteiger partial charge in [0.2, 0.25) is 0 Å². The monoisotopic (exact) mass is 370 g/mol. The van der Waals surface area contributed by atoms with Crippen molar-refractivity contribution in [1.29, 1.82) is 0 Å². The Morgan fingerprint density at radius 3 is 2.53 bits per heavy atom. The van der Waals surface area contributed by atoms with Crippen LogP contribution in [0.1, 0.15) is 15.9 Å². The van der Waals surface area contributed by atoms with Gasteiger partial charge in [-0.1, -0.05) is 12.1 Å². The summed E-state index contributed by atoms with van der Waals surface area (Å²) in [6, 6.07) is 11.7. The first kappa shape index (κ1) is 14.0. The minimum Gasteiger partial charge on any atom is -0.485 e. The van der Waals surface area contributed by atoms with Crippen molar-refractivity contribution in [2.75, 3.05) is 6.61 Å². The van der Waals surface area contributed by atoms with Crippen LogP contribution in [0.25, 0.3) is 0 Å². The van der Waals surface area contributed by atoms with E-state index in [1.165, 1.54) is 12.1 Å². The molecule has 0 amide bonds. The maximum absolute atomic E-state index is 13.1. The molecule has 0 spiro atoms. The van der Waals surface area contributed by atoms with Crippen LogP contribution in [0.5, 0.6) is 5.75 Å². The topological polar surface area (TPSA) is 26.3 Å². The number of benzene rings is 2. The van der Waals surface area contributed by atoms with Gasteiger partial charge in [-0.2, -0.15) is 0 Å². The number of halogens is 2. The van der Waals surface area contributed by atoms with E-state index in [0.717, 1.165) is 3.57 Å². The Morgan fingerprint density at radius 2 is 1.89 bits per heavy atom. The summed E-state index contributed by atoms with van der Waals surface area (Å²) < 4.78 is 19.5. The summed E-state index contributed by atoms with van der Waals surface area (Å²) in [5.74, 6) is 0.118. The fourth-order valence-corrected chi connectivity index (χ4v) is 1.93. The third-order valence-electron chi connectivity index (χ3n) is 2.67. The average molecular weight is 370 g/mol. The van der Waals surface area contributed by atoms with Gasteiger partial charge in [0.1, 0.15) is 11.6 Å². The van der Waals surface area contributed by atoms with Gasteiger partial charge in [-0.05, 0) is 65.4 Å². The lowest BCUT2D eigenvalue weighted by Crippen LogP contribution is -2.11. The Bertz CT molecular complexity index is 594. The number of hydrogen-bond donors (Lipinski definition) is 0. The van der Waals surface area contributed by atoms with Gasteiger partial charge in [0.15, 0.2) is 12.4 Å². The standard InChI is InChI=1S/C15H12FIO2/c1-10-8-13(6-7-14(10)16)19-9-15(18)11-2-4-12(17)5-3-11/h2-8H,9H2,1H3. The summed E-state index contributed by atoms with van der Waals surface area (Å²) in [4.78, 5) is 11.9. The molecular formula is C15H12FIO2. The molecule has 0 aliphatic heterocycles. The zero-order valence-corrected chi connectivity index (χ0v) is 12.5. The summed E-state index contributed by atoms with van der Waals surface area (Å²) in [5, 5.41) is 0. The molecule has 2 nitrogen and oxygen atoms in total. The molecule has 0 aromatic heterocycles. The van der Waals surface area contributed by atoms with Crippen LogP contribution < -0.4 is 4.74 Å². The second-order valence-corrected chi connectivity index (χ2v) is 5.38. The van der Waals surface area contributed by atoms with Gasteiger partial charge in [-0.3, -0.25) is 4.79 Å². The molecule has 19 heavy (non-hydrogen) atoms. The minimum absolute atomic E-state index is 0.0499. The van der Waals surface area contributed by atoms with E-state index < -0.39 is 0 Å². The third-order valence-corrected chi connectivity index (χ3v) is 3.38. The zero-order chi connectivity index (χ0) is 13.8. The lowest BCUT2D eigenvalue weighted by atomic mass is 10.1. The Labute approximate surface area is 124 Å². The highest BCUT2D eigenvalue weighted by atomic mass is 127. The first-order valence-electron chi connectivity index (χ1n) is 5.74. The molecule has 0 heterocycles. The highest BCUT2D eigenvalue weighted by molar-refractivity contribution is 14.1. The number of carbonyl (C=O) groups excluding carboxylic acids is 1. The summed E-state index contributed by atoms with van der Waals surface area (Å²) in [6.07, 6.45) is 0. The summed E-state index contributed by atoms with van der Waals surface area (Å²) in [5.41, 5.74) is 1.11. The molecule has 0 fully saturated rings. The highest BCUT2D eigenvalue weighted by Gasteiger charge is 2.07. The molecule has 0 aliphatic carbocycles. The molecule has 2 aromatic carbocycles. The molecule has 98 valence electrons. The van der Waals surface area contributed by atoms with Gasteiger partial charge in [-0.25, -0.2) is 4.39 Å². The Hall–Kier alpha value is -1.43. The van der Waals surface area contributed by atoms with Crippen molar-refractivity contribution in [3.63, 3.8) is 0 Å². The van der Waals surface area contributed by atoms with Crippen molar-refractivity contribution in [2.45, 2.75) is 6.92 Å². The molecule has 0 N–H and O–H groups in total. The van der Waals surface area contributed by atoms with Gasteiger partial charge in [0.05, 0.1) is 0 Å². The number of ether oxygens (including phenoxy) is 1. The Balaban J connectivity index is 2.00. The van der Waals surface area contributed by atoms with Crippen LogP contribution in [-0.2, 0) is 0 Å². The van der Waals surface area contributed by atoms with E-state index in [4.69, 9.17) is 4.74 Å². The first-order valence-corrected chi connectivity index (χ1v) is 6.82. The van der Waals surface area contributed by atoms with Crippen LogP contribution in [0.4, 0.5) is 4.39 Å². The smallest absolute Gasteiger partial charge is 0.200 e. The number of carbonyl (C=O) groups is 1. The molecular weight excluding hydrogens is 358 g/mol. The number of Topliss-reactive ketones (excluding diaryl/α,β-unsaturated/α-hetero) is 1. The van der Waals surface area contributed by atoms with Crippen molar-refractivity contribution in [3.8, 4) is 5.75 Å². The highest BCUT2D eigenvalue weighted by Crippen LogP contribution is 2.16. The van der Waals surface area contributed by atoms with E-state index in [9.17, 15) is 9.18 Å². The van der Waals surface area contributed by atoms with E-state index in [2.05, 4.69) is 22.6 Å². The molecule has 0 aliphatic rings. The van der Waals surface area contributed by atoms with Crippen molar-refractivity contribution >= 4 is 28.4 Å². The molecule has 4 heteroatoms. The first-order chi connectivity index (χ1) is 9.06. The summed E-state index contributed by atoms with van der Waals surface area (Å²) >= 11 is 2.18. The summed E-state index contributed by atoms with van der Waals surface area (Å²) in [7, 11) is 0. The van der Waals surface area contributed by atoms with Crippen LogP contribution in [0.3, 0.4) is 0 Å². The van der Waals surface area contributed by atoms with Gasteiger partial charge >= 0.3 is 0 Å². The second-order valence-electron chi connectivity index (χ2n) is 4.13. The van der Waals surface area contributed by atoms with Crippen LogP contribution in [-0.4, -0.2) is 12.4 Å². The second kappa shape index (κ2) is 6.14. The van der Waals surface area contributed by atoms with E-state index in [-0.39, 0.29) is 18.2 Å². The SMILES string of the molecule is Cc1cc(OCC(=O)c2ccc(I)cc2)ccc1F. The summed E-state index contributed by atoms with van der Waals surface area (Å²) in [6.45, 7) is 1.61. The number of rotatable bonds is 4. The van der Waals surface area contributed by atoms with Crippen molar-refractivity contribution in [3.05, 3.63) is 63.0 Å². The molecule has 0 atom stereocenters. The van der Waals surface area contributed by atoms with Crippen LogP contribution in [0, 0.1) is 16.3 Å². The fraction of sp³-hybridized carbons (Fsp3) is 0.133. The zero-order valence-electron chi connectivity index (χ0n) is 10.3. The molecule has 2 rings (SSSR count). The van der Waals surface area contributed by atoms with Crippen LogP contribution >= 0.6 is 22.6 Å². The number of hydrogen-bond acceptors (Lipinski definition) is 2. The predicted octanol–water partition coefficient (Wildman–Crippen LogP) is 4.00. The molecule has 0 bridgehead atoms. The quantitative estimate of drug-likeness (QED) is 0.601. The van der Waals surface area contributed by atoms with Crippen molar-refractivity contribution in [2.24, 2.45) is 0 Å². The largest absolute Gasteiger partial charge is 0.485 e. The van der Waals surface area contributed by atoms with E-state index >= 15 is 0 Å². The average Bonchev–Trinajstić information content (AvgIpc) is 2.40. The fourth-order valence-electron chi connectivity index (χ4n) is 1.57. The minimum atomic E-state index is -0.281. The van der Waals surface area contributed by atoms with Crippen LogP contribution in [0.15, 0.2) is 42.5 Å². The van der Waals surface area contributed by atoms with Crippen LogP contribution in [0.2, 0.25) is 0 Å². The number of ketones is 1. The van der Waals surface area contributed by atoms with Gasteiger partial charge < -0.3 is 4.74 Å². The van der Waals surface area contributed by atoms with E-state index in [1.807, 2.05) is 12.1 Å². The lowest BCUT2D eigenvalue weighted by Gasteiger charge is -2.07. The predicted molar refractivity (Wildman–Crippen MR) is 80.1 cm³/mol. The molecule has 0 radical (unpaired) electrons. The molecule has 0 saturated heterocycles. The third kappa shape index (κ3) is 3.76. The van der Waals surface area contributed by atoms with Crippen molar-refractivity contribution in [1.82, 2.24) is 0 Å². The number of aryl methyl sites for hydroxylation is 1. The van der Waals surface area contributed by atoms with E-state index in [1.54, 1.807) is 25.1 Å². The lowest BCUT2D eigenvalue weighted by molar-refractivity contribution is 0.0921. The van der Waals surface area contributed by atoms with Crippen molar-refractivity contribution < 1.29 is 13.9 Å². The molecule has 0 unspecified atom stereocenters. The van der Waals surface area contributed by atoms with Gasteiger partial charge in [-0.15, -0.1) is 0 Å². The molecule has 2 aromatic rings. The van der Waals surface area contributed by atoms with Gasteiger partial charge in [0, 0.05) is 9.13 Å². The molecule has 0 saturated carbocycles. The maximum Gasteiger partial charge on any atom is 0.200 e. The van der Waals surface area contributed by atoms with Gasteiger partial charge in [0.25, 0.3) is 0 Å². The maximum atomic E-state index is 13.1.